The largest absolute Gasteiger partial charge is 0.466 e. The summed E-state index contributed by atoms with van der Waals surface area (Å²) in [6.07, 6.45) is 12.2. The zero-order valence-corrected chi connectivity index (χ0v) is 9.96. The lowest BCUT2D eigenvalue weighted by molar-refractivity contribution is -0.141. The molecule has 1 saturated carbocycles. The Bertz CT molecular complexity index is 169. The number of hydrogen-bond donors (Lipinski definition) is 0. The zero-order chi connectivity index (χ0) is 10.9. The van der Waals surface area contributed by atoms with Crippen LogP contribution in [0, 0.1) is 5.92 Å². The summed E-state index contributed by atoms with van der Waals surface area (Å²) in [5.41, 5.74) is 0. The molecule has 1 rings (SSSR count). The molecule has 0 spiro atoms. The predicted octanol–water partition coefficient (Wildman–Crippen LogP) is 3.69. The molecule has 0 N–H and O–H groups in total. The van der Waals surface area contributed by atoms with Crippen LogP contribution in [0.5, 0.6) is 0 Å². The average molecular weight is 212 g/mol. The first-order valence-electron chi connectivity index (χ1n) is 6.42. The van der Waals surface area contributed by atoms with Crippen molar-refractivity contribution in [2.24, 2.45) is 5.92 Å². The van der Waals surface area contributed by atoms with Crippen molar-refractivity contribution in [2.45, 2.75) is 64.7 Å². The molecule has 15 heavy (non-hydrogen) atoms. The Morgan fingerprint density at radius 2 is 1.80 bits per heavy atom. The zero-order valence-electron chi connectivity index (χ0n) is 9.96. The van der Waals surface area contributed by atoms with Gasteiger partial charge in [-0.05, 0) is 18.8 Å². The highest BCUT2D eigenvalue weighted by molar-refractivity contribution is 5.65. The van der Waals surface area contributed by atoms with Crippen molar-refractivity contribution in [2.75, 3.05) is 6.61 Å². The normalized spacial score (nSPS) is 18.5. The molecule has 2 nitrogen and oxygen atoms in total. The number of rotatable bonds is 5. The maximum absolute atomic E-state index is 10.5. The molecule has 1 aliphatic rings. The van der Waals surface area contributed by atoms with Gasteiger partial charge in [0.05, 0.1) is 6.61 Å². The van der Waals surface area contributed by atoms with E-state index in [0.29, 0.717) is 6.61 Å². The number of hydrogen-bond acceptors (Lipinski definition) is 2. The summed E-state index contributed by atoms with van der Waals surface area (Å²) in [6.45, 7) is 2.09. The maximum atomic E-state index is 10.5. The SMILES string of the molecule is CC(=O)OCCCCC1CCCCCC1. The van der Waals surface area contributed by atoms with Crippen LogP contribution in [-0.2, 0) is 9.53 Å². The standard InChI is InChI=1S/C13H24O2/c1-12(14)15-11-7-6-10-13-8-4-2-3-5-9-13/h13H,2-11H2,1H3. The van der Waals surface area contributed by atoms with Crippen molar-refractivity contribution in [3.05, 3.63) is 0 Å². The Balaban J connectivity index is 1.96. The summed E-state index contributed by atoms with van der Waals surface area (Å²) in [5, 5.41) is 0. The van der Waals surface area contributed by atoms with Crippen LogP contribution in [0.1, 0.15) is 64.7 Å². The van der Waals surface area contributed by atoms with Gasteiger partial charge in [-0.25, -0.2) is 0 Å². The van der Waals surface area contributed by atoms with E-state index < -0.39 is 0 Å². The maximum Gasteiger partial charge on any atom is 0.302 e. The third kappa shape index (κ3) is 6.53. The van der Waals surface area contributed by atoms with E-state index in [-0.39, 0.29) is 5.97 Å². The molecule has 0 aromatic heterocycles. The molecule has 0 unspecified atom stereocenters. The molecule has 0 saturated heterocycles. The lowest BCUT2D eigenvalue weighted by Crippen LogP contribution is -2.03. The first kappa shape index (κ1) is 12.5. The average Bonchev–Trinajstić information content (AvgIpc) is 2.45. The van der Waals surface area contributed by atoms with E-state index in [2.05, 4.69) is 0 Å². The van der Waals surface area contributed by atoms with Crippen LogP contribution in [0.15, 0.2) is 0 Å². The quantitative estimate of drug-likeness (QED) is 0.394. The van der Waals surface area contributed by atoms with Gasteiger partial charge < -0.3 is 4.74 Å². The van der Waals surface area contributed by atoms with Crippen LogP contribution >= 0.6 is 0 Å². The summed E-state index contributed by atoms with van der Waals surface area (Å²) in [5.74, 6) is 0.800. The third-order valence-electron chi connectivity index (χ3n) is 3.29. The van der Waals surface area contributed by atoms with Crippen LogP contribution in [-0.4, -0.2) is 12.6 Å². The summed E-state index contributed by atoms with van der Waals surface area (Å²) >= 11 is 0. The second-order valence-corrected chi connectivity index (χ2v) is 4.69. The minimum absolute atomic E-state index is 0.149. The number of carbonyl (C=O) groups excluding carboxylic acids is 1. The Kier molecular flexibility index (Phi) is 6.45. The van der Waals surface area contributed by atoms with Crippen molar-refractivity contribution < 1.29 is 9.53 Å². The van der Waals surface area contributed by atoms with Crippen molar-refractivity contribution in [3.63, 3.8) is 0 Å². The molecule has 1 fully saturated rings. The van der Waals surface area contributed by atoms with Crippen LogP contribution in [0.2, 0.25) is 0 Å². The van der Waals surface area contributed by atoms with Gasteiger partial charge in [0.15, 0.2) is 0 Å². The fraction of sp³-hybridized carbons (Fsp3) is 0.923. The van der Waals surface area contributed by atoms with E-state index >= 15 is 0 Å². The van der Waals surface area contributed by atoms with Crippen LogP contribution < -0.4 is 0 Å². The highest BCUT2D eigenvalue weighted by atomic mass is 16.5. The van der Waals surface area contributed by atoms with Gasteiger partial charge >= 0.3 is 5.97 Å². The van der Waals surface area contributed by atoms with Gasteiger partial charge in [-0.15, -0.1) is 0 Å². The number of carbonyl (C=O) groups is 1. The van der Waals surface area contributed by atoms with Crippen LogP contribution in [0.4, 0.5) is 0 Å². The smallest absolute Gasteiger partial charge is 0.302 e. The Labute approximate surface area is 93.4 Å². The Morgan fingerprint density at radius 3 is 2.40 bits per heavy atom. The molecule has 0 aromatic carbocycles. The number of ether oxygens (including phenoxy) is 1. The highest BCUT2D eigenvalue weighted by Crippen LogP contribution is 2.26. The first-order valence-corrected chi connectivity index (χ1v) is 6.42. The molecule has 88 valence electrons. The van der Waals surface area contributed by atoms with Gasteiger partial charge in [-0.1, -0.05) is 44.9 Å². The van der Waals surface area contributed by atoms with Crippen molar-refractivity contribution in [3.8, 4) is 0 Å². The van der Waals surface area contributed by atoms with Gasteiger partial charge in [-0.2, -0.15) is 0 Å². The van der Waals surface area contributed by atoms with E-state index in [1.807, 2.05) is 0 Å². The summed E-state index contributed by atoms with van der Waals surface area (Å²) in [6, 6.07) is 0. The lowest BCUT2D eigenvalue weighted by atomic mass is 9.94. The van der Waals surface area contributed by atoms with E-state index in [0.717, 1.165) is 12.3 Å². The second-order valence-electron chi connectivity index (χ2n) is 4.69. The van der Waals surface area contributed by atoms with E-state index in [1.54, 1.807) is 0 Å². The summed E-state index contributed by atoms with van der Waals surface area (Å²) in [7, 11) is 0. The fourth-order valence-corrected chi connectivity index (χ4v) is 2.40. The molecule has 0 aromatic rings. The van der Waals surface area contributed by atoms with E-state index in [4.69, 9.17) is 4.74 Å². The molecule has 2 heteroatoms. The lowest BCUT2D eigenvalue weighted by Gasteiger charge is -2.13. The van der Waals surface area contributed by atoms with Gasteiger partial charge in [0.2, 0.25) is 0 Å². The number of esters is 1. The van der Waals surface area contributed by atoms with Gasteiger partial charge in [-0.3, -0.25) is 4.79 Å². The van der Waals surface area contributed by atoms with Gasteiger partial charge in [0, 0.05) is 6.92 Å². The molecule has 0 amide bonds. The Morgan fingerprint density at radius 1 is 1.13 bits per heavy atom. The monoisotopic (exact) mass is 212 g/mol. The van der Waals surface area contributed by atoms with Gasteiger partial charge in [0.1, 0.15) is 0 Å². The van der Waals surface area contributed by atoms with Crippen molar-refractivity contribution >= 4 is 5.97 Å². The highest BCUT2D eigenvalue weighted by Gasteiger charge is 2.11. The van der Waals surface area contributed by atoms with Crippen molar-refractivity contribution in [1.29, 1.82) is 0 Å². The van der Waals surface area contributed by atoms with Crippen LogP contribution in [0.25, 0.3) is 0 Å². The van der Waals surface area contributed by atoms with E-state index in [1.165, 1.54) is 58.3 Å². The fourth-order valence-electron chi connectivity index (χ4n) is 2.40. The van der Waals surface area contributed by atoms with Crippen molar-refractivity contribution in [1.82, 2.24) is 0 Å². The minimum Gasteiger partial charge on any atom is -0.466 e. The number of unbranched alkanes of at least 4 members (excludes halogenated alkanes) is 1. The topological polar surface area (TPSA) is 26.3 Å². The first-order chi connectivity index (χ1) is 7.29. The molecule has 0 bridgehead atoms. The molecule has 0 radical (unpaired) electrons. The van der Waals surface area contributed by atoms with Crippen LogP contribution in [0.3, 0.4) is 0 Å². The second kappa shape index (κ2) is 7.72. The summed E-state index contributed by atoms with van der Waals surface area (Å²) in [4.78, 5) is 10.5. The van der Waals surface area contributed by atoms with E-state index in [9.17, 15) is 4.79 Å². The molecular formula is C13H24O2. The van der Waals surface area contributed by atoms with Gasteiger partial charge in [0.25, 0.3) is 0 Å². The molecule has 0 atom stereocenters. The third-order valence-corrected chi connectivity index (χ3v) is 3.29. The predicted molar refractivity (Wildman–Crippen MR) is 61.7 cm³/mol. The Hall–Kier alpha value is -0.530. The minimum atomic E-state index is -0.149. The molecule has 1 aliphatic carbocycles. The molecular weight excluding hydrogens is 188 g/mol. The molecule has 0 aliphatic heterocycles. The summed E-state index contributed by atoms with van der Waals surface area (Å²) < 4.78 is 4.92. The molecule has 0 heterocycles.